The summed E-state index contributed by atoms with van der Waals surface area (Å²) >= 11 is 0. The predicted molar refractivity (Wildman–Crippen MR) is 63.9 cm³/mol. The highest BCUT2D eigenvalue weighted by Crippen LogP contribution is 2.20. The number of anilines is 1. The Labute approximate surface area is 100 Å². The SMILES string of the molecule is CCOCC(O)CNc1ccc(OC)c(F)c1. The molecule has 0 spiro atoms. The minimum atomic E-state index is -0.611. The second kappa shape index (κ2) is 7.09. The van der Waals surface area contributed by atoms with E-state index in [1.165, 1.54) is 19.2 Å². The van der Waals surface area contributed by atoms with Gasteiger partial charge in [-0.2, -0.15) is 0 Å². The molecule has 0 saturated heterocycles. The lowest BCUT2D eigenvalue weighted by Crippen LogP contribution is -2.24. The molecule has 17 heavy (non-hydrogen) atoms. The van der Waals surface area contributed by atoms with E-state index in [4.69, 9.17) is 9.47 Å². The normalized spacial score (nSPS) is 12.2. The van der Waals surface area contributed by atoms with Gasteiger partial charge in [0.25, 0.3) is 0 Å². The molecule has 96 valence electrons. The number of nitrogens with one attached hydrogen (secondary N) is 1. The molecule has 1 atom stereocenters. The average Bonchev–Trinajstić information content (AvgIpc) is 2.34. The van der Waals surface area contributed by atoms with Gasteiger partial charge < -0.3 is 19.9 Å². The smallest absolute Gasteiger partial charge is 0.167 e. The maximum Gasteiger partial charge on any atom is 0.167 e. The van der Waals surface area contributed by atoms with Crippen LogP contribution in [-0.2, 0) is 4.74 Å². The average molecular weight is 243 g/mol. The van der Waals surface area contributed by atoms with Crippen molar-refractivity contribution in [1.82, 2.24) is 0 Å². The number of benzene rings is 1. The van der Waals surface area contributed by atoms with Crippen LogP contribution in [0.15, 0.2) is 18.2 Å². The Morgan fingerprint density at radius 2 is 2.24 bits per heavy atom. The van der Waals surface area contributed by atoms with Crippen molar-refractivity contribution < 1.29 is 19.0 Å². The number of rotatable bonds is 7. The summed E-state index contributed by atoms with van der Waals surface area (Å²) in [5, 5.41) is 12.4. The minimum absolute atomic E-state index is 0.199. The monoisotopic (exact) mass is 243 g/mol. The Kier molecular flexibility index (Phi) is 5.72. The van der Waals surface area contributed by atoms with E-state index in [9.17, 15) is 9.50 Å². The number of hydrogen-bond donors (Lipinski definition) is 2. The van der Waals surface area contributed by atoms with Crippen LogP contribution in [0.2, 0.25) is 0 Å². The molecule has 1 aromatic rings. The fourth-order valence-corrected chi connectivity index (χ4v) is 1.32. The fraction of sp³-hybridized carbons (Fsp3) is 0.500. The van der Waals surface area contributed by atoms with Crippen LogP contribution in [-0.4, -0.2) is 38.1 Å². The van der Waals surface area contributed by atoms with Gasteiger partial charge in [0, 0.05) is 24.9 Å². The van der Waals surface area contributed by atoms with E-state index in [0.717, 1.165) is 0 Å². The summed E-state index contributed by atoms with van der Waals surface area (Å²) in [7, 11) is 1.41. The van der Waals surface area contributed by atoms with E-state index in [-0.39, 0.29) is 12.4 Å². The fourth-order valence-electron chi connectivity index (χ4n) is 1.32. The molecule has 5 heteroatoms. The molecule has 0 fully saturated rings. The minimum Gasteiger partial charge on any atom is -0.494 e. The second-order valence-electron chi connectivity index (χ2n) is 3.54. The molecule has 0 aliphatic rings. The molecule has 0 saturated carbocycles. The Hall–Kier alpha value is -1.33. The van der Waals surface area contributed by atoms with Gasteiger partial charge in [0.2, 0.25) is 0 Å². The van der Waals surface area contributed by atoms with Crippen molar-refractivity contribution in [3.8, 4) is 5.75 Å². The summed E-state index contributed by atoms with van der Waals surface area (Å²) in [6.45, 7) is 3.00. The number of hydrogen-bond acceptors (Lipinski definition) is 4. The van der Waals surface area contributed by atoms with Crippen LogP contribution >= 0.6 is 0 Å². The topological polar surface area (TPSA) is 50.7 Å². The number of ether oxygens (including phenoxy) is 2. The van der Waals surface area contributed by atoms with Crippen LogP contribution in [0.25, 0.3) is 0 Å². The highest BCUT2D eigenvalue weighted by molar-refractivity contribution is 5.47. The first-order valence-electron chi connectivity index (χ1n) is 5.50. The van der Waals surface area contributed by atoms with Crippen LogP contribution in [0, 0.1) is 5.82 Å². The van der Waals surface area contributed by atoms with Crippen molar-refractivity contribution in [2.75, 3.05) is 32.2 Å². The Balaban J connectivity index is 2.44. The van der Waals surface area contributed by atoms with Crippen LogP contribution < -0.4 is 10.1 Å². The van der Waals surface area contributed by atoms with E-state index in [1.54, 1.807) is 6.07 Å². The molecule has 0 aromatic heterocycles. The molecule has 0 radical (unpaired) electrons. The highest BCUT2D eigenvalue weighted by atomic mass is 19.1. The largest absolute Gasteiger partial charge is 0.494 e. The van der Waals surface area contributed by atoms with Gasteiger partial charge >= 0.3 is 0 Å². The van der Waals surface area contributed by atoms with E-state index in [1.807, 2.05) is 6.92 Å². The second-order valence-corrected chi connectivity index (χ2v) is 3.54. The lowest BCUT2D eigenvalue weighted by molar-refractivity contribution is 0.0496. The first kappa shape index (κ1) is 13.7. The first-order valence-corrected chi connectivity index (χ1v) is 5.50. The van der Waals surface area contributed by atoms with Crippen LogP contribution in [0.5, 0.6) is 5.75 Å². The number of methoxy groups -OCH3 is 1. The van der Waals surface area contributed by atoms with Crippen LogP contribution in [0.4, 0.5) is 10.1 Å². The van der Waals surface area contributed by atoms with Crippen molar-refractivity contribution in [3.05, 3.63) is 24.0 Å². The zero-order chi connectivity index (χ0) is 12.7. The summed E-state index contributed by atoms with van der Waals surface area (Å²) in [6, 6.07) is 4.55. The van der Waals surface area contributed by atoms with Crippen LogP contribution in [0.1, 0.15) is 6.92 Å². The molecule has 0 amide bonds. The van der Waals surface area contributed by atoms with Gasteiger partial charge in [-0.3, -0.25) is 0 Å². The van der Waals surface area contributed by atoms with Gasteiger partial charge in [-0.05, 0) is 19.1 Å². The molecule has 1 aromatic carbocycles. The molecular formula is C12H18FNO3. The number of aliphatic hydroxyl groups excluding tert-OH is 1. The molecule has 0 aliphatic heterocycles. The molecule has 0 heterocycles. The van der Waals surface area contributed by atoms with Crippen molar-refractivity contribution in [2.45, 2.75) is 13.0 Å². The van der Waals surface area contributed by atoms with E-state index in [0.29, 0.717) is 18.8 Å². The molecule has 1 unspecified atom stereocenters. The standard InChI is InChI=1S/C12H18FNO3/c1-3-17-8-10(15)7-14-9-4-5-12(16-2)11(13)6-9/h4-6,10,14-15H,3,7-8H2,1-2H3. The van der Waals surface area contributed by atoms with Crippen molar-refractivity contribution in [2.24, 2.45) is 0 Å². The van der Waals surface area contributed by atoms with Crippen molar-refractivity contribution in [3.63, 3.8) is 0 Å². The Morgan fingerprint density at radius 1 is 1.47 bits per heavy atom. The van der Waals surface area contributed by atoms with Crippen LogP contribution in [0.3, 0.4) is 0 Å². The molecule has 2 N–H and O–H groups in total. The van der Waals surface area contributed by atoms with Crippen molar-refractivity contribution >= 4 is 5.69 Å². The van der Waals surface area contributed by atoms with E-state index >= 15 is 0 Å². The third kappa shape index (κ3) is 4.58. The quantitative estimate of drug-likeness (QED) is 0.764. The number of aliphatic hydroxyl groups is 1. The lowest BCUT2D eigenvalue weighted by atomic mass is 10.2. The van der Waals surface area contributed by atoms with Gasteiger partial charge in [-0.15, -0.1) is 0 Å². The number of halogens is 1. The summed E-state index contributed by atoms with van der Waals surface area (Å²) in [5.41, 5.74) is 0.596. The molecule has 0 aliphatic carbocycles. The molecular weight excluding hydrogens is 225 g/mol. The van der Waals surface area contributed by atoms with Crippen molar-refractivity contribution in [1.29, 1.82) is 0 Å². The first-order chi connectivity index (χ1) is 8.17. The van der Waals surface area contributed by atoms with Gasteiger partial charge in [0.05, 0.1) is 19.8 Å². The zero-order valence-corrected chi connectivity index (χ0v) is 10.1. The molecule has 0 bridgehead atoms. The maximum atomic E-state index is 13.3. The Morgan fingerprint density at radius 3 is 2.82 bits per heavy atom. The predicted octanol–water partition coefficient (Wildman–Crippen LogP) is 1.64. The van der Waals surface area contributed by atoms with Gasteiger partial charge in [0.15, 0.2) is 11.6 Å². The molecule has 1 rings (SSSR count). The molecule has 4 nitrogen and oxygen atoms in total. The summed E-state index contributed by atoms with van der Waals surface area (Å²) < 4.78 is 23.2. The van der Waals surface area contributed by atoms with E-state index < -0.39 is 11.9 Å². The summed E-state index contributed by atoms with van der Waals surface area (Å²) in [6.07, 6.45) is -0.611. The zero-order valence-electron chi connectivity index (χ0n) is 10.1. The highest BCUT2D eigenvalue weighted by Gasteiger charge is 2.06. The van der Waals surface area contributed by atoms with E-state index in [2.05, 4.69) is 5.32 Å². The Bertz CT molecular complexity index is 347. The maximum absolute atomic E-state index is 13.3. The third-order valence-electron chi connectivity index (χ3n) is 2.21. The van der Waals surface area contributed by atoms with Gasteiger partial charge in [-0.1, -0.05) is 0 Å². The lowest BCUT2D eigenvalue weighted by Gasteiger charge is -2.13. The van der Waals surface area contributed by atoms with Gasteiger partial charge in [0.1, 0.15) is 0 Å². The van der Waals surface area contributed by atoms with Gasteiger partial charge in [-0.25, -0.2) is 4.39 Å². The summed E-state index contributed by atoms with van der Waals surface area (Å²) in [5.74, 6) is -0.234. The third-order valence-corrected chi connectivity index (χ3v) is 2.21. The summed E-state index contributed by atoms with van der Waals surface area (Å²) in [4.78, 5) is 0.